The molecule has 0 heterocycles. The maximum Gasteiger partial charge on any atom is 0.123 e. The fraction of sp³-hybridized carbons (Fsp3) is 0.333. The lowest BCUT2D eigenvalue weighted by atomic mass is 10.1. The van der Waals surface area contributed by atoms with Crippen LogP contribution >= 0.6 is 0 Å². The molecule has 0 amide bonds. The second kappa shape index (κ2) is 7.23. The van der Waals surface area contributed by atoms with Gasteiger partial charge in [0, 0.05) is 25.0 Å². The SMILES string of the molecule is CCCNCc1cc(F)ccc1N(C)c1ccccc1C. The van der Waals surface area contributed by atoms with E-state index in [4.69, 9.17) is 0 Å². The van der Waals surface area contributed by atoms with Crippen LogP contribution in [0.25, 0.3) is 0 Å². The molecular formula is C18H23FN2. The predicted octanol–water partition coefficient (Wildman–Crippen LogP) is 4.40. The summed E-state index contributed by atoms with van der Waals surface area (Å²) < 4.78 is 13.6. The molecule has 1 N–H and O–H groups in total. The standard InChI is InChI=1S/C18H23FN2/c1-4-11-20-13-15-12-16(19)9-10-18(15)21(3)17-8-6-5-7-14(17)2/h5-10,12,20H,4,11,13H2,1-3H3. The molecule has 2 rings (SSSR count). The number of aryl methyl sites for hydroxylation is 1. The van der Waals surface area contributed by atoms with E-state index in [2.05, 4.69) is 36.2 Å². The molecule has 0 unspecified atom stereocenters. The molecule has 0 fully saturated rings. The minimum absolute atomic E-state index is 0.190. The minimum Gasteiger partial charge on any atom is -0.344 e. The molecule has 2 aromatic carbocycles. The molecule has 0 aliphatic carbocycles. The van der Waals surface area contributed by atoms with E-state index in [0.717, 1.165) is 29.9 Å². The molecule has 112 valence electrons. The van der Waals surface area contributed by atoms with Crippen molar-refractivity contribution < 1.29 is 4.39 Å². The van der Waals surface area contributed by atoms with E-state index in [1.807, 2.05) is 25.2 Å². The summed E-state index contributed by atoms with van der Waals surface area (Å²) in [6.07, 6.45) is 1.07. The van der Waals surface area contributed by atoms with Crippen LogP contribution in [-0.4, -0.2) is 13.6 Å². The van der Waals surface area contributed by atoms with Gasteiger partial charge in [0.2, 0.25) is 0 Å². The van der Waals surface area contributed by atoms with Crippen LogP contribution in [0.2, 0.25) is 0 Å². The lowest BCUT2D eigenvalue weighted by Gasteiger charge is -2.24. The Morgan fingerprint density at radius 1 is 1.10 bits per heavy atom. The predicted molar refractivity (Wildman–Crippen MR) is 87.6 cm³/mol. The molecule has 0 atom stereocenters. The first kappa shape index (κ1) is 15.5. The van der Waals surface area contributed by atoms with E-state index >= 15 is 0 Å². The van der Waals surface area contributed by atoms with Crippen molar-refractivity contribution in [2.24, 2.45) is 0 Å². The Kier molecular flexibility index (Phi) is 5.34. The van der Waals surface area contributed by atoms with Gasteiger partial charge in [-0.15, -0.1) is 0 Å². The van der Waals surface area contributed by atoms with Crippen molar-refractivity contribution in [2.75, 3.05) is 18.5 Å². The Balaban J connectivity index is 2.31. The molecule has 3 heteroatoms. The summed E-state index contributed by atoms with van der Waals surface area (Å²) in [5, 5.41) is 3.35. The van der Waals surface area contributed by atoms with Gasteiger partial charge in [0.25, 0.3) is 0 Å². The third-order valence-corrected chi connectivity index (χ3v) is 3.62. The average molecular weight is 286 g/mol. The minimum atomic E-state index is -0.190. The summed E-state index contributed by atoms with van der Waals surface area (Å²) in [5.74, 6) is -0.190. The number of benzene rings is 2. The zero-order valence-electron chi connectivity index (χ0n) is 13.0. The normalized spacial score (nSPS) is 10.7. The van der Waals surface area contributed by atoms with Crippen LogP contribution in [0.3, 0.4) is 0 Å². The quantitative estimate of drug-likeness (QED) is 0.792. The number of rotatable bonds is 6. The van der Waals surface area contributed by atoms with Gasteiger partial charge < -0.3 is 10.2 Å². The van der Waals surface area contributed by atoms with E-state index in [1.165, 1.54) is 11.6 Å². The van der Waals surface area contributed by atoms with Gasteiger partial charge in [0.05, 0.1) is 0 Å². The van der Waals surface area contributed by atoms with Crippen molar-refractivity contribution >= 4 is 11.4 Å². The van der Waals surface area contributed by atoms with E-state index in [9.17, 15) is 4.39 Å². The smallest absolute Gasteiger partial charge is 0.123 e. The van der Waals surface area contributed by atoms with Gasteiger partial charge in [0.1, 0.15) is 5.82 Å². The Bertz CT molecular complexity index is 596. The lowest BCUT2D eigenvalue weighted by molar-refractivity contribution is 0.619. The van der Waals surface area contributed by atoms with Gasteiger partial charge in [-0.1, -0.05) is 25.1 Å². The number of hydrogen-bond acceptors (Lipinski definition) is 2. The molecule has 0 saturated carbocycles. The highest BCUT2D eigenvalue weighted by Crippen LogP contribution is 2.29. The van der Waals surface area contributed by atoms with E-state index in [-0.39, 0.29) is 5.82 Å². The first-order chi connectivity index (χ1) is 10.1. The zero-order chi connectivity index (χ0) is 15.2. The second-order valence-electron chi connectivity index (χ2n) is 5.30. The fourth-order valence-electron chi connectivity index (χ4n) is 2.49. The van der Waals surface area contributed by atoms with Crippen molar-refractivity contribution in [2.45, 2.75) is 26.8 Å². The number of hydrogen-bond donors (Lipinski definition) is 1. The number of halogens is 1. The first-order valence-corrected chi connectivity index (χ1v) is 7.42. The molecule has 2 aromatic rings. The molecule has 0 bridgehead atoms. The van der Waals surface area contributed by atoms with Crippen LogP contribution in [0.4, 0.5) is 15.8 Å². The number of anilines is 2. The molecular weight excluding hydrogens is 263 g/mol. The maximum absolute atomic E-state index is 13.6. The van der Waals surface area contributed by atoms with Crippen LogP contribution in [0, 0.1) is 12.7 Å². The highest BCUT2D eigenvalue weighted by molar-refractivity contribution is 5.68. The molecule has 0 aliphatic heterocycles. The van der Waals surface area contributed by atoms with Gasteiger partial charge in [-0.2, -0.15) is 0 Å². The maximum atomic E-state index is 13.6. The van der Waals surface area contributed by atoms with Crippen molar-refractivity contribution in [3.63, 3.8) is 0 Å². The Morgan fingerprint density at radius 2 is 1.86 bits per heavy atom. The number of para-hydroxylation sites is 1. The van der Waals surface area contributed by atoms with Gasteiger partial charge >= 0.3 is 0 Å². The van der Waals surface area contributed by atoms with Crippen LogP contribution in [0.1, 0.15) is 24.5 Å². The van der Waals surface area contributed by atoms with Gasteiger partial charge in [-0.05, 0) is 55.3 Å². The summed E-state index contributed by atoms with van der Waals surface area (Å²) in [5.41, 5.74) is 4.36. The zero-order valence-corrected chi connectivity index (χ0v) is 13.0. The largest absolute Gasteiger partial charge is 0.344 e. The molecule has 21 heavy (non-hydrogen) atoms. The van der Waals surface area contributed by atoms with E-state index in [1.54, 1.807) is 6.07 Å². The highest BCUT2D eigenvalue weighted by Gasteiger charge is 2.11. The topological polar surface area (TPSA) is 15.3 Å². The van der Waals surface area contributed by atoms with Crippen molar-refractivity contribution in [3.05, 3.63) is 59.4 Å². The third kappa shape index (κ3) is 3.82. The number of nitrogens with zero attached hydrogens (tertiary/aromatic N) is 1. The van der Waals surface area contributed by atoms with Crippen LogP contribution in [-0.2, 0) is 6.54 Å². The molecule has 0 spiro atoms. The Labute approximate surface area is 126 Å². The summed E-state index contributed by atoms with van der Waals surface area (Å²) in [4.78, 5) is 2.12. The second-order valence-corrected chi connectivity index (χ2v) is 5.30. The summed E-state index contributed by atoms with van der Waals surface area (Å²) in [6, 6.07) is 13.2. The Hall–Kier alpha value is -1.87. The van der Waals surface area contributed by atoms with Gasteiger partial charge in [-0.3, -0.25) is 0 Å². The molecule has 2 nitrogen and oxygen atoms in total. The Morgan fingerprint density at radius 3 is 2.57 bits per heavy atom. The van der Waals surface area contributed by atoms with Crippen LogP contribution < -0.4 is 10.2 Å². The van der Waals surface area contributed by atoms with Crippen molar-refractivity contribution in [1.29, 1.82) is 0 Å². The molecule has 0 aliphatic rings. The van der Waals surface area contributed by atoms with Crippen LogP contribution in [0.5, 0.6) is 0 Å². The van der Waals surface area contributed by atoms with Crippen LogP contribution in [0.15, 0.2) is 42.5 Å². The van der Waals surface area contributed by atoms with E-state index < -0.39 is 0 Å². The summed E-state index contributed by atoms with van der Waals surface area (Å²) >= 11 is 0. The molecule has 0 radical (unpaired) electrons. The van der Waals surface area contributed by atoms with Gasteiger partial charge in [-0.25, -0.2) is 4.39 Å². The first-order valence-electron chi connectivity index (χ1n) is 7.42. The highest BCUT2D eigenvalue weighted by atomic mass is 19.1. The monoisotopic (exact) mass is 286 g/mol. The fourth-order valence-corrected chi connectivity index (χ4v) is 2.49. The number of nitrogens with one attached hydrogen (secondary N) is 1. The van der Waals surface area contributed by atoms with Gasteiger partial charge in [0.15, 0.2) is 0 Å². The third-order valence-electron chi connectivity index (χ3n) is 3.62. The summed E-state index contributed by atoms with van der Waals surface area (Å²) in [7, 11) is 2.03. The molecule has 0 aromatic heterocycles. The van der Waals surface area contributed by atoms with Crippen molar-refractivity contribution in [3.8, 4) is 0 Å². The average Bonchev–Trinajstić information content (AvgIpc) is 2.47. The van der Waals surface area contributed by atoms with Crippen molar-refractivity contribution in [1.82, 2.24) is 5.32 Å². The van der Waals surface area contributed by atoms with E-state index in [0.29, 0.717) is 6.54 Å². The molecule has 0 saturated heterocycles. The summed E-state index contributed by atoms with van der Waals surface area (Å²) in [6.45, 7) is 5.82. The lowest BCUT2D eigenvalue weighted by Crippen LogP contribution is -2.18.